The number of pyridine rings is 1. The molecule has 0 aromatic carbocycles. The average Bonchev–Trinajstić information content (AvgIpc) is 3.19. The number of rotatable bonds is 3. The third kappa shape index (κ3) is 2.90. The third-order valence-electron chi connectivity index (χ3n) is 4.86. The molecule has 1 aliphatic heterocycles. The number of hydrogen-bond donors (Lipinski definition) is 1. The molecule has 1 fully saturated rings. The van der Waals surface area contributed by atoms with Crippen molar-refractivity contribution in [3.8, 4) is 0 Å². The van der Waals surface area contributed by atoms with E-state index in [0.717, 1.165) is 24.3 Å². The predicted octanol–water partition coefficient (Wildman–Crippen LogP) is 4.20. The van der Waals surface area contributed by atoms with Gasteiger partial charge in [0.1, 0.15) is 5.37 Å². The van der Waals surface area contributed by atoms with Crippen LogP contribution in [0.1, 0.15) is 48.7 Å². The summed E-state index contributed by atoms with van der Waals surface area (Å²) in [7, 11) is 0. The van der Waals surface area contributed by atoms with E-state index in [1.54, 1.807) is 6.20 Å². The fourth-order valence-electron chi connectivity index (χ4n) is 3.58. The van der Waals surface area contributed by atoms with Crippen molar-refractivity contribution in [3.05, 3.63) is 48.0 Å². The Bertz CT molecular complexity index is 692. The van der Waals surface area contributed by atoms with Gasteiger partial charge in [0.15, 0.2) is 0 Å². The maximum atomic E-state index is 12.5. The number of hydrogen-bond acceptors (Lipinski definition) is 3. The molecule has 1 unspecified atom stereocenters. The molecule has 2 aromatic rings. The molecule has 0 bridgehead atoms. The topological polar surface area (TPSA) is 46.9 Å². The largest absolute Gasteiger partial charge is 0.332 e. The minimum absolute atomic E-state index is 0.197. The van der Waals surface area contributed by atoms with Gasteiger partial charge in [-0.1, -0.05) is 25.3 Å². The Balaban J connectivity index is 1.51. The second-order valence-corrected chi connectivity index (χ2v) is 7.43. The monoisotopic (exact) mass is 327 g/mol. The van der Waals surface area contributed by atoms with Crippen molar-refractivity contribution in [2.24, 2.45) is 5.92 Å². The normalized spacial score (nSPS) is 21.1. The third-order valence-corrected chi connectivity index (χ3v) is 6.11. The molecule has 1 amide bonds. The number of amides is 1. The van der Waals surface area contributed by atoms with Crippen LogP contribution >= 0.6 is 11.8 Å². The highest BCUT2D eigenvalue weighted by Crippen LogP contribution is 2.43. The molecule has 0 radical (unpaired) electrons. The summed E-state index contributed by atoms with van der Waals surface area (Å²) < 4.78 is 2.26. The number of anilines is 1. The number of nitrogens with zero attached hydrogens (tertiary/aromatic N) is 2. The lowest BCUT2D eigenvalue weighted by Crippen LogP contribution is -2.24. The predicted molar refractivity (Wildman–Crippen MR) is 93.3 cm³/mol. The van der Waals surface area contributed by atoms with E-state index in [9.17, 15) is 4.79 Å². The van der Waals surface area contributed by atoms with Gasteiger partial charge in [0.2, 0.25) is 5.91 Å². The molecule has 4 nitrogen and oxygen atoms in total. The smallest absolute Gasteiger partial charge is 0.227 e. The molecule has 1 saturated carbocycles. The average molecular weight is 327 g/mol. The summed E-state index contributed by atoms with van der Waals surface area (Å²) in [4.78, 5) is 16.7. The van der Waals surface area contributed by atoms with Crippen LogP contribution in [0.2, 0.25) is 0 Å². The lowest BCUT2D eigenvalue weighted by atomic mass is 9.88. The molecule has 0 spiro atoms. The Morgan fingerprint density at radius 1 is 1.26 bits per heavy atom. The zero-order chi connectivity index (χ0) is 15.6. The lowest BCUT2D eigenvalue weighted by Gasteiger charge is -2.20. The van der Waals surface area contributed by atoms with Gasteiger partial charge < -0.3 is 9.88 Å². The highest BCUT2D eigenvalue weighted by atomic mass is 32.2. The highest BCUT2D eigenvalue weighted by molar-refractivity contribution is 7.99. The SMILES string of the molecule is O=C(Nc1ccn2c1CSC2c1cccnc1)C1CCCCC1. The summed E-state index contributed by atoms with van der Waals surface area (Å²) in [6.07, 6.45) is 11.5. The standard InChI is InChI=1S/C18H21N3OS/c22-17(13-5-2-1-3-6-13)20-15-8-10-21-16(15)12-23-18(21)14-7-4-9-19-11-14/h4,7-11,13,18H,1-3,5-6,12H2,(H,20,22). The summed E-state index contributed by atoms with van der Waals surface area (Å²) in [5.74, 6) is 1.32. The molecule has 1 N–H and O–H groups in total. The van der Waals surface area contributed by atoms with E-state index >= 15 is 0 Å². The summed E-state index contributed by atoms with van der Waals surface area (Å²) >= 11 is 1.88. The van der Waals surface area contributed by atoms with Gasteiger partial charge in [0.25, 0.3) is 0 Å². The van der Waals surface area contributed by atoms with E-state index in [1.807, 2.05) is 30.1 Å². The number of aromatic nitrogens is 2. The van der Waals surface area contributed by atoms with Crippen molar-refractivity contribution < 1.29 is 4.79 Å². The molecule has 5 heteroatoms. The van der Waals surface area contributed by atoms with Crippen molar-refractivity contribution >= 4 is 23.4 Å². The van der Waals surface area contributed by atoms with Gasteiger partial charge in [0, 0.05) is 35.8 Å². The van der Waals surface area contributed by atoms with Gasteiger partial charge in [-0.2, -0.15) is 0 Å². The van der Waals surface area contributed by atoms with E-state index < -0.39 is 0 Å². The van der Waals surface area contributed by atoms with Crippen LogP contribution in [0, 0.1) is 5.92 Å². The molecule has 1 atom stereocenters. The molecule has 2 aromatic heterocycles. The fraction of sp³-hybridized carbons (Fsp3) is 0.444. The van der Waals surface area contributed by atoms with Gasteiger partial charge in [-0.05, 0) is 25.0 Å². The number of nitrogens with one attached hydrogen (secondary N) is 1. The Morgan fingerprint density at radius 2 is 2.13 bits per heavy atom. The van der Waals surface area contributed by atoms with Crippen LogP contribution in [0.4, 0.5) is 5.69 Å². The Kier molecular flexibility index (Phi) is 4.12. The first-order valence-electron chi connectivity index (χ1n) is 8.35. The zero-order valence-corrected chi connectivity index (χ0v) is 13.9. The molecule has 1 aliphatic carbocycles. The van der Waals surface area contributed by atoms with Crippen LogP contribution < -0.4 is 5.32 Å². The maximum absolute atomic E-state index is 12.5. The first kappa shape index (κ1) is 14.8. The van der Waals surface area contributed by atoms with Gasteiger partial charge in [-0.3, -0.25) is 9.78 Å². The van der Waals surface area contributed by atoms with E-state index in [-0.39, 0.29) is 17.2 Å². The molecule has 120 valence electrons. The van der Waals surface area contributed by atoms with Crippen LogP contribution in [0.25, 0.3) is 0 Å². The Hall–Kier alpha value is -1.75. The second kappa shape index (κ2) is 6.40. The quantitative estimate of drug-likeness (QED) is 0.919. The van der Waals surface area contributed by atoms with Gasteiger partial charge in [-0.25, -0.2) is 0 Å². The van der Waals surface area contributed by atoms with E-state index in [1.165, 1.54) is 30.5 Å². The zero-order valence-electron chi connectivity index (χ0n) is 13.1. The Labute approximate surface area is 140 Å². The molecule has 3 heterocycles. The van der Waals surface area contributed by atoms with Gasteiger partial charge in [0.05, 0.1) is 11.4 Å². The molecular weight excluding hydrogens is 306 g/mol. The van der Waals surface area contributed by atoms with Crippen molar-refractivity contribution in [2.75, 3.05) is 5.32 Å². The number of thioether (sulfide) groups is 1. The van der Waals surface area contributed by atoms with Gasteiger partial charge >= 0.3 is 0 Å². The first-order chi connectivity index (χ1) is 11.3. The Morgan fingerprint density at radius 3 is 2.91 bits per heavy atom. The van der Waals surface area contributed by atoms with Crippen molar-refractivity contribution in [1.82, 2.24) is 9.55 Å². The summed E-state index contributed by atoms with van der Waals surface area (Å²) in [6.45, 7) is 0. The van der Waals surface area contributed by atoms with Gasteiger partial charge in [-0.15, -0.1) is 11.8 Å². The second-order valence-electron chi connectivity index (χ2n) is 6.36. The minimum atomic E-state index is 0.197. The van der Waals surface area contributed by atoms with Crippen LogP contribution in [0.3, 0.4) is 0 Å². The molecule has 4 rings (SSSR count). The van der Waals surface area contributed by atoms with E-state index in [4.69, 9.17) is 0 Å². The lowest BCUT2D eigenvalue weighted by molar-refractivity contribution is -0.120. The molecule has 2 aliphatic rings. The molecule has 23 heavy (non-hydrogen) atoms. The number of fused-ring (bicyclic) bond motifs is 1. The number of carbonyl (C=O) groups excluding carboxylic acids is 1. The van der Waals surface area contributed by atoms with E-state index in [2.05, 4.69) is 27.1 Å². The van der Waals surface area contributed by atoms with Crippen LogP contribution in [-0.2, 0) is 10.5 Å². The highest BCUT2D eigenvalue weighted by Gasteiger charge is 2.28. The van der Waals surface area contributed by atoms with Crippen LogP contribution in [0.15, 0.2) is 36.8 Å². The minimum Gasteiger partial charge on any atom is -0.332 e. The van der Waals surface area contributed by atoms with Crippen molar-refractivity contribution in [3.63, 3.8) is 0 Å². The van der Waals surface area contributed by atoms with E-state index in [0.29, 0.717) is 0 Å². The van der Waals surface area contributed by atoms with Crippen molar-refractivity contribution in [1.29, 1.82) is 0 Å². The molecular formula is C18H21N3OS. The maximum Gasteiger partial charge on any atom is 0.227 e. The number of carbonyl (C=O) groups is 1. The summed E-state index contributed by atoms with van der Waals surface area (Å²) in [6, 6.07) is 6.13. The van der Waals surface area contributed by atoms with Crippen LogP contribution in [-0.4, -0.2) is 15.5 Å². The van der Waals surface area contributed by atoms with Crippen molar-refractivity contribution in [2.45, 2.75) is 43.2 Å². The van der Waals surface area contributed by atoms with Crippen LogP contribution in [0.5, 0.6) is 0 Å². The first-order valence-corrected chi connectivity index (χ1v) is 9.40. The summed E-state index contributed by atoms with van der Waals surface area (Å²) in [5, 5.41) is 3.44. The molecule has 0 saturated heterocycles. The fourth-order valence-corrected chi connectivity index (χ4v) is 4.89. The summed E-state index contributed by atoms with van der Waals surface area (Å²) in [5.41, 5.74) is 3.41.